The van der Waals surface area contributed by atoms with Crippen LogP contribution < -0.4 is 20.1 Å². The quantitative estimate of drug-likeness (QED) is 0.811. The van der Waals surface area contributed by atoms with Crippen molar-refractivity contribution in [3.63, 3.8) is 0 Å². The van der Waals surface area contributed by atoms with Crippen LogP contribution >= 0.6 is 0 Å². The maximum absolute atomic E-state index is 12.9. The van der Waals surface area contributed by atoms with Gasteiger partial charge in [0.05, 0.1) is 20.1 Å². The van der Waals surface area contributed by atoms with Gasteiger partial charge in [-0.1, -0.05) is 6.07 Å². The van der Waals surface area contributed by atoms with Gasteiger partial charge in [0, 0.05) is 42.2 Å². The number of hydrogen-bond donors (Lipinski definition) is 2. The molecule has 2 fully saturated rings. The Morgan fingerprint density at radius 3 is 2.39 bits per heavy atom. The molecule has 1 aliphatic heterocycles. The van der Waals surface area contributed by atoms with Crippen LogP contribution in [-0.2, 0) is 4.79 Å². The summed E-state index contributed by atoms with van der Waals surface area (Å²) >= 11 is 0. The number of carbonyl (C=O) groups is 2. The van der Waals surface area contributed by atoms with Crippen molar-refractivity contribution in [2.75, 3.05) is 27.3 Å². The maximum atomic E-state index is 12.9. The zero-order valence-corrected chi connectivity index (χ0v) is 17.4. The highest BCUT2D eigenvalue weighted by atomic mass is 16.5. The van der Waals surface area contributed by atoms with Gasteiger partial charge in [-0.05, 0) is 39.7 Å². The number of urea groups is 1. The van der Waals surface area contributed by atoms with Crippen molar-refractivity contribution in [2.24, 2.45) is 5.92 Å². The average Bonchev–Trinajstić information content (AvgIpc) is 3.33. The first kappa shape index (κ1) is 20.3. The van der Waals surface area contributed by atoms with E-state index in [0.717, 1.165) is 18.4 Å². The third-order valence-electron chi connectivity index (χ3n) is 5.19. The molecule has 1 aromatic rings. The van der Waals surface area contributed by atoms with Gasteiger partial charge in [-0.25, -0.2) is 4.79 Å². The summed E-state index contributed by atoms with van der Waals surface area (Å²) in [6, 6.07) is 5.76. The molecule has 0 bridgehead atoms. The molecule has 0 aromatic heterocycles. The highest BCUT2D eigenvalue weighted by Crippen LogP contribution is 2.39. The van der Waals surface area contributed by atoms with Crippen molar-refractivity contribution >= 4 is 11.9 Å². The smallest absolute Gasteiger partial charge is 0.317 e. The predicted octanol–water partition coefficient (Wildman–Crippen LogP) is 2.51. The van der Waals surface area contributed by atoms with Crippen LogP contribution in [0.2, 0.25) is 0 Å². The van der Waals surface area contributed by atoms with Gasteiger partial charge < -0.3 is 25.0 Å². The standard InChI is InChI=1S/C21H31N3O4/c1-21(2,3)23-20(26)24-11-16(17(12-24)19(25)22-13-6-7-13)15-9-8-14(27-4)10-18(15)28-5/h8-10,13,16-17H,6-7,11-12H2,1-5H3,(H,22,25)(H,23,26). The van der Waals surface area contributed by atoms with E-state index in [-0.39, 0.29) is 35.4 Å². The number of methoxy groups -OCH3 is 2. The number of benzene rings is 1. The van der Waals surface area contributed by atoms with Crippen molar-refractivity contribution in [2.45, 2.75) is 51.1 Å². The summed E-state index contributed by atoms with van der Waals surface area (Å²) in [5.41, 5.74) is 0.587. The molecule has 1 heterocycles. The predicted molar refractivity (Wildman–Crippen MR) is 107 cm³/mol. The molecule has 1 aliphatic carbocycles. The van der Waals surface area contributed by atoms with Crippen LogP contribution in [0.1, 0.15) is 45.1 Å². The van der Waals surface area contributed by atoms with E-state index in [0.29, 0.717) is 24.6 Å². The van der Waals surface area contributed by atoms with Crippen molar-refractivity contribution < 1.29 is 19.1 Å². The fraction of sp³-hybridized carbons (Fsp3) is 0.619. The lowest BCUT2D eigenvalue weighted by molar-refractivity contribution is -0.125. The summed E-state index contributed by atoms with van der Waals surface area (Å²) in [5, 5.41) is 6.10. The first-order chi connectivity index (χ1) is 13.2. The van der Waals surface area contributed by atoms with E-state index in [2.05, 4.69) is 10.6 Å². The van der Waals surface area contributed by atoms with Crippen LogP contribution in [0.5, 0.6) is 11.5 Å². The van der Waals surface area contributed by atoms with E-state index >= 15 is 0 Å². The molecule has 154 valence electrons. The second-order valence-corrected chi connectivity index (χ2v) is 8.69. The first-order valence-electron chi connectivity index (χ1n) is 9.81. The van der Waals surface area contributed by atoms with Gasteiger partial charge in [-0.15, -0.1) is 0 Å². The van der Waals surface area contributed by atoms with Crippen LogP contribution in [0, 0.1) is 5.92 Å². The van der Waals surface area contributed by atoms with Crippen molar-refractivity contribution in [1.82, 2.24) is 15.5 Å². The van der Waals surface area contributed by atoms with Gasteiger partial charge in [0.15, 0.2) is 0 Å². The fourth-order valence-corrected chi connectivity index (χ4v) is 3.61. The summed E-state index contributed by atoms with van der Waals surface area (Å²) in [6.45, 7) is 6.69. The SMILES string of the molecule is COc1ccc(C2CN(C(=O)NC(C)(C)C)CC2C(=O)NC2CC2)c(OC)c1. The summed E-state index contributed by atoms with van der Waals surface area (Å²) < 4.78 is 10.9. The summed E-state index contributed by atoms with van der Waals surface area (Å²) in [4.78, 5) is 27.4. The van der Waals surface area contributed by atoms with E-state index < -0.39 is 0 Å². The van der Waals surface area contributed by atoms with Crippen molar-refractivity contribution in [3.8, 4) is 11.5 Å². The van der Waals surface area contributed by atoms with Gasteiger partial charge in [-0.3, -0.25) is 4.79 Å². The molecular weight excluding hydrogens is 358 g/mol. The molecule has 1 aromatic carbocycles. The second kappa shape index (κ2) is 7.89. The highest BCUT2D eigenvalue weighted by molar-refractivity contribution is 5.83. The lowest BCUT2D eigenvalue weighted by atomic mass is 9.87. The lowest BCUT2D eigenvalue weighted by Crippen LogP contribution is -2.48. The third kappa shape index (κ3) is 4.69. The van der Waals surface area contributed by atoms with Gasteiger partial charge in [-0.2, -0.15) is 0 Å². The molecule has 1 saturated carbocycles. The number of carbonyl (C=O) groups excluding carboxylic acids is 2. The molecule has 1 saturated heterocycles. The Morgan fingerprint density at radius 1 is 1.11 bits per heavy atom. The van der Waals surface area contributed by atoms with Gasteiger partial charge in [0.1, 0.15) is 11.5 Å². The van der Waals surface area contributed by atoms with E-state index in [1.807, 2.05) is 39.0 Å². The molecule has 2 aliphatic rings. The Balaban J connectivity index is 1.87. The molecule has 0 radical (unpaired) electrons. The summed E-state index contributed by atoms with van der Waals surface area (Å²) in [6.07, 6.45) is 2.06. The lowest BCUT2D eigenvalue weighted by Gasteiger charge is -2.25. The highest BCUT2D eigenvalue weighted by Gasteiger charge is 2.43. The van der Waals surface area contributed by atoms with Crippen LogP contribution in [0.3, 0.4) is 0 Å². The number of amides is 3. The summed E-state index contributed by atoms with van der Waals surface area (Å²) in [5.74, 6) is 0.932. The Labute approximate surface area is 166 Å². The topological polar surface area (TPSA) is 79.9 Å². The number of ether oxygens (including phenoxy) is 2. The number of rotatable bonds is 5. The molecule has 7 nitrogen and oxygen atoms in total. The normalized spacial score (nSPS) is 22.0. The molecule has 2 unspecified atom stereocenters. The largest absolute Gasteiger partial charge is 0.497 e. The van der Waals surface area contributed by atoms with Crippen LogP contribution in [0.25, 0.3) is 0 Å². The average molecular weight is 389 g/mol. The Morgan fingerprint density at radius 2 is 1.82 bits per heavy atom. The molecule has 0 spiro atoms. The Bertz CT molecular complexity index is 740. The molecule has 2 atom stereocenters. The molecule has 3 rings (SSSR count). The minimum atomic E-state index is -0.335. The first-order valence-corrected chi connectivity index (χ1v) is 9.81. The number of likely N-dealkylation sites (tertiary alicyclic amines) is 1. The fourth-order valence-electron chi connectivity index (χ4n) is 3.61. The van der Waals surface area contributed by atoms with Crippen LogP contribution in [0.4, 0.5) is 4.79 Å². The molecule has 7 heteroatoms. The van der Waals surface area contributed by atoms with E-state index in [1.165, 1.54) is 0 Å². The second-order valence-electron chi connectivity index (χ2n) is 8.69. The van der Waals surface area contributed by atoms with Crippen molar-refractivity contribution in [3.05, 3.63) is 23.8 Å². The molecule has 28 heavy (non-hydrogen) atoms. The van der Waals surface area contributed by atoms with Gasteiger partial charge in [0.25, 0.3) is 0 Å². The van der Waals surface area contributed by atoms with E-state index in [1.54, 1.807) is 19.1 Å². The van der Waals surface area contributed by atoms with E-state index in [4.69, 9.17) is 9.47 Å². The zero-order chi connectivity index (χ0) is 20.5. The molecule has 2 N–H and O–H groups in total. The van der Waals surface area contributed by atoms with Crippen LogP contribution in [-0.4, -0.2) is 55.7 Å². The maximum Gasteiger partial charge on any atom is 0.317 e. The zero-order valence-electron chi connectivity index (χ0n) is 17.4. The minimum Gasteiger partial charge on any atom is -0.497 e. The number of hydrogen-bond acceptors (Lipinski definition) is 4. The van der Waals surface area contributed by atoms with Crippen LogP contribution in [0.15, 0.2) is 18.2 Å². The third-order valence-corrected chi connectivity index (χ3v) is 5.19. The Hall–Kier alpha value is -2.44. The Kier molecular flexibility index (Phi) is 5.72. The van der Waals surface area contributed by atoms with E-state index in [9.17, 15) is 9.59 Å². The summed E-state index contributed by atoms with van der Waals surface area (Å²) in [7, 11) is 3.21. The number of nitrogens with zero attached hydrogens (tertiary/aromatic N) is 1. The van der Waals surface area contributed by atoms with Crippen molar-refractivity contribution in [1.29, 1.82) is 0 Å². The number of nitrogens with one attached hydrogen (secondary N) is 2. The van der Waals surface area contributed by atoms with Gasteiger partial charge in [0.2, 0.25) is 5.91 Å². The monoisotopic (exact) mass is 389 g/mol. The minimum absolute atomic E-state index is 0.0106. The molecule has 3 amide bonds. The van der Waals surface area contributed by atoms with Gasteiger partial charge >= 0.3 is 6.03 Å². The molecular formula is C21H31N3O4.